The summed E-state index contributed by atoms with van der Waals surface area (Å²) in [4.78, 5) is 0. The van der Waals surface area contributed by atoms with Crippen LogP contribution >= 0.6 is 24.0 Å². The van der Waals surface area contributed by atoms with Crippen molar-refractivity contribution in [1.82, 2.24) is 0 Å². The van der Waals surface area contributed by atoms with Gasteiger partial charge in [-0.3, -0.25) is 0 Å². The second-order valence-electron chi connectivity index (χ2n) is 2.92. The highest BCUT2D eigenvalue weighted by Gasteiger charge is 2.07. The molecule has 0 fully saturated rings. The number of thiocarbonyl (C=S) groups is 1. The van der Waals surface area contributed by atoms with Gasteiger partial charge in [-0.1, -0.05) is 32.5 Å². The Morgan fingerprint density at radius 3 is 2.33 bits per heavy atom. The first-order chi connectivity index (χ1) is 5.60. The Hall–Kier alpha value is 0.240. The number of hydrogen-bond acceptors (Lipinski definition) is 3. The van der Waals surface area contributed by atoms with Gasteiger partial charge in [0.2, 0.25) is 4.38 Å². The van der Waals surface area contributed by atoms with Gasteiger partial charge in [0.05, 0.1) is 6.10 Å². The van der Waals surface area contributed by atoms with Crippen molar-refractivity contribution in [3.63, 3.8) is 0 Å². The summed E-state index contributed by atoms with van der Waals surface area (Å²) in [6, 6.07) is 0. The molecule has 12 heavy (non-hydrogen) atoms. The summed E-state index contributed by atoms with van der Waals surface area (Å²) in [6.45, 7) is 8.46. The molecule has 0 aliphatic carbocycles. The lowest BCUT2D eigenvalue weighted by atomic mass is 10.3. The summed E-state index contributed by atoms with van der Waals surface area (Å²) in [5.74, 6) is 0. The molecule has 3 heteroatoms. The average Bonchev–Trinajstić information content (AvgIpc) is 2.03. The summed E-state index contributed by atoms with van der Waals surface area (Å²) >= 11 is 6.73. The van der Waals surface area contributed by atoms with Crippen molar-refractivity contribution in [2.75, 3.05) is 0 Å². The average molecular weight is 206 g/mol. The van der Waals surface area contributed by atoms with E-state index in [1.165, 1.54) is 0 Å². The quantitative estimate of drug-likeness (QED) is 0.650. The van der Waals surface area contributed by atoms with Gasteiger partial charge in [-0.2, -0.15) is 0 Å². The van der Waals surface area contributed by atoms with E-state index < -0.39 is 0 Å². The maximum absolute atomic E-state index is 5.47. The number of ether oxygens (including phenoxy) is 1. The van der Waals surface area contributed by atoms with E-state index in [2.05, 4.69) is 20.8 Å². The van der Waals surface area contributed by atoms with Crippen LogP contribution in [-0.2, 0) is 4.74 Å². The van der Waals surface area contributed by atoms with E-state index in [1.807, 2.05) is 6.92 Å². The van der Waals surface area contributed by atoms with Crippen LogP contribution < -0.4 is 0 Å². The zero-order valence-corrected chi connectivity index (χ0v) is 9.93. The Bertz CT molecular complexity index is 122. The highest BCUT2D eigenvalue weighted by Crippen LogP contribution is 2.18. The topological polar surface area (TPSA) is 9.23 Å². The number of rotatable bonds is 4. The molecule has 0 saturated carbocycles. The highest BCUT2D eigenvalue weighted by molar-refractivity contribution is 8.23. The van der Waals surface area contributed by atoms with Gasteiger partial charge in [-0.25, -0.2) is 0 Å². The summed E-state index contributed by atoms with van der Waals surface area (Å²) in [6.07, 6.45) is 2.41. The van der Waals surface area contributed by atoms with E-state index in [0.717, 1.165) is 12.8 Å². The van der Waals surface area contributed by atoms with E-state index in [1.54, 1.807) is 11.8 Å². The fourth-order valence-electron chi connectivity index (χ4n) is 0.523. The minimum Gasteiger partial charge on any atom is -0.476 e. The predicted octanol–water partition coefficient (Wildman–Crippen LogP) is 3.62. The lowest BCUT2D eigenvalue weighted by Crippen LogP contribution is -2.11. The molecule has 0 rings (SSSR count). The summed E-state index contributed by atoms with van der Waals surface area (Å²) in [5, 5.41) is 0.571. The van der Waals surface area contributed by atoms with E-state index in [0.29, 0.717) is 9.63 Å². The van der Waals surface area contributed by atoms with Crippen LogP contribution in [-0.4, -0.2) is 15.7 Å². The van der Waals surface area contributed by atoms with Gasteiger partial charge in [0.1, 0.15) is 0 Å². The van der Waals surface area contributed by atoms with Gasteiger partial charge in [0.15, 0.2) is 0 Å². The lowest BCUT2D eigenvalue weighted by molar-refractivity contribution is 0.217. The molecule has 72 valence electrons. The first-order valence-corrected chi connectivity index (χ1v) is 5.76. The third kappa shape index (κ3) is 5.84. The van der Waals surface area contributed by atoms with Gasteiger partial charge >= 0.3 is 0 Å². The van der Waals surface area contributed by atoms with Crippen molar-refractivity contribution >= 4 is 28.4 Å². The lowest BCUT2D eigenvalue weighted by Gasteiger charge is -2.14. The normalized spacial score (nSPS) is 15.3. The van der Waals surface area contributed by atoms with Crippen molar-refractivity contribution in [3.8, 4) is 0 Å². The predicted molar refractivity (Wildman–Crippen MR) is 60.8 cm³/mol. The van der Waals surface area contributed by atoms with Gasteiger partial charge in [0.25, 0.3) is 0 Å². The van der Waals surface area contributed by atoms with E-state index in [4.69, 9.17) is 17.0 Å². The van der Waals surface area contributed by atoms with Crippen LogP contribution in [0.4, 0.5) is 0 Å². The first kappa shape index (κ1) is 12.2. The minimum atomic E-state index is 0.258. The van der Waals surface area contributed by atoms with E-state index in [9.17, 15) is 0 Å². The van der Waals surface area contributed by atoms with Crippen molar-refractivity contribution in [3.05, 3.63) is 0 Å². The van der Waals surface area contributed by atoms with Crippen molar-refractivity contribution < 1.29 is 4.74 Å². The molecule has 0 spiro atoms. The fraction of sp³-hybridized carbons (Fsp3) is 0.889. The van der Waals surface area contributed by atoms with E-state index >= 15 is 0 Å². The van der Waals surface area contributed by atoms with Crippen LogP contribution in [0.2, 0.25) is 0 Å². The molecule has 0 aliphatic heterocycles. The van der Waals surface area contributed by atoms with Crippen molar-refractivity contribution in [2.45, 2.75) is 51.9 Å². The third-order valence-electron chi connectivity index (χ3n) is 1.74. The monoisotopic (exact) mass is 206 g/mol. The highest BCUT2D eigenvalue weighted by atomic mass is 32.2. The molecule has 0 radical (unpaired) electrons. The largest absolute Gasteiger partial charge is 0.476 e. The molecule has 0 bridgehead atoms. The molecular formula is C9H18OS2. The standard InChI is InChI=1S/C9H18OS2/c1-5-7(3)10-9(11)12-8(4)6-2/h7-8H,5-6H2,1-4H3. The van der Waals surface area contributed by atoms with Crippen LogP contribution in [0.5, 0.6) is 0 Å². The molecule has 0 heterocycles. The number of thioether (sulfide) groups is 1. The van der Waals surface area contributed by atoms with E-state index in [-0.39, 0.29) is 6.10 Å². The second-order valence-corrected chi connectivity index (χ2v) is 4.96. The van der Waals surface area contributed by atoms with Gasteiger partial charge in [-0.05, 0) is 32.0 Å². The van der Waals surface area contributed by atoms with Crippen molar-refractivity contribution in [2.24, 2.45) is 0 Å². The Morgan fingerprint density at radius 1 is 1.33 bits per heavy atom. The Morgan fingerprint density at radius 2 is 1.92 bits per heavy atom. The molecule has 0 aliphatic rings. The zero-order valence-electron chi connectivity index (χ0n) is 8.29. The second kappa shape index (κ2) is 6.72. The fourth-order valence-corrected chi connectivity index (χ4v) is 1.90. The van der Waals surface area contributed by atoms with Gasteiger partial charge in [0, 0.05) is 5.25 Å². The van der Waals surface area contributed by atoms with Crippen LogP contribution in [0.3, 0.4) is 0 Å². The Labute approximate surface area is 85.3 Å². The summed E-state index contributed by atoms with van der Waals surface area (Å²) in [7, 11) is 0. The maximum atomic E-state index is 5.47. The van der Waals surface area contributed by atoms with Crippen LogP contribution in [0.1, 0.15) is 40.5 Å². The van der Waals surface area contributed by atoms with Crippen molar-refractivity contribution in [1.29, 1.82) is 0 Å². The molecule has 0 aromatic heterocycles. The van der Waals surface area contributed by atoms with Gasteiger partial charge in [-0.15, -0.1) is 0 Å². The third-order valence-corrected chi connectivity index (χ3v) is 3.15. The van der Waals surface area contributed by atoms with Crippen LogP contribution in [0, 0.1) is 0 Å². The first-order valence-electron chi connectivity index (χ1n) is 4.47. The van der Waals surface area contributed by atoms with Gasteiger partial charge < -0.3 is 4.74 Å². The number of hydrogen-bond donors (Lipinski definition) is 0. The molecule has 1 nitrogen and oxygen atoms in total. The summed E-state index contributed by atoms with van der Waals surface area (Å²) in [5.41, 5.74) is 0. The molecule has 0 aromatic carbocycles. The zero-order chi connectivity index (χ0) is 9.56. The molecule has 2 atom stereocenters. The molecule has 0 aromatic rings. The Kier molecular flexibility index (Phi) is 6.86. The smallest absolute Gasteiger partial charge is 0.220 e. The van der Waals surface area contributed by atoms with Crippen LogP contribution in [0.25, 0.3) is 0 Å². The summed E-state index contributed by atoms with van der Waals surface area (Å²) < 4.78 is 6.16. The SMILES string of the molecule is CCC(C)OC(=S)SC(C)CC. The molecule has 2 unspecified atom stereocenters. The molecule has 0 amide bonds. The molecule has 0 saturated heterocycles. The molecule has 0 N–H and O–H groups in total. The maximum Gasteiger partial charge on any atom is 0.220 e. The molecular weight excluding hydrogens is 188 g/mol. The minimum absolute atomic E-state index is 0.258. The Balaban J connectivity index is 3.59. The van der Waals surface area contributed by atoms with Crippen LogP contribution in [0.15, 0.2) is 0 Å².